The summed E-state index contributed by atoms with van der Waals surface area (Å²) in [5.74, 6) is 0. The number of urea groups is 1. The molecule has 4 rings (SSSR count). The monoisotopic (exact) mass is 429 g/mol. The number of anilines is 1. The Bertz CT molecular complexity index is 1030. The van der Waals surface area contributed by atoms with Crippen molar-refractivity contribution < 1.29 is 17.9 Å². The van der Waals surface area contributed by atoms with Crippen LogP contribution in [0.2, 0.25) is 0 Å². The molecule has 2 aliphatic heterocycles. The van der Waals surface area contributed by atoms with Crippen molar-refractivity contribution in [3.05, 3.63) is 59.7 Å². The average molecular weight is 430 g/mol. The van der Waals surface area contributed by atoms with Crippen molar-refractivity contribution in [2.24, 2.45) is 0 Å². The van der Waals surface area contributed by atoms with E-state index in [0.717, 1.165) is 16.8 Å². The summed E-state index contributed by atoms with van der Waals surface area (Å²) in [6.45, 7) is 5.24. The van der Waals surface area contributed by atoms with E-state index < -0.39 is 15.7 Å². The van der Waals surface area contributed by atoms with Crippen LogP contribution in [0.15, 0.2) is 53.4 Å². The topological polar surface area (TPSA) is 79.0 Å². The van der Waals surface area contributed by atoms with Crippen LogP contribution < -0.4 is 5.32 Å². The molecule has 2 aliphatic rings. The Morgan fingerprint density at radius 1 is 1.03 bits per heavy atom. The quantitative estimate of drug-likeness (QED) is 0.812. The lowest BCUT2D eigenvalue weighted by Gasteiger charge is -2.42. The SMILES string of the molecule is Cc1ccc(C)c(S(=O)(=O)N2CCOC23CCN(C(=O)Nc2ccccc2)CC3)c1. The number of amides is 2. The zero-order valence-corrected chi connectivity index (χ0v) is 18.1. The van der Waals surface area contributed by atoms with E-state index in [1.807, 2.05) is 56.3 Å². The summed E-state index contributed by atoms with van der Waals surface area (Å²) in [6.07, 6.45) is 0.888. The molecule has 7 nitrogen and oxygen atoms in total. The van der Waals surface area contributed by atoms with Crippen LogP contribution in [0.1, 0.15) is 24.0 Å². The summed E-state index contributed by atoms with van der Waals surface area (Å²) in [4.78, 5) is 14.6. The van der Waals surface area contributed by atoms with E-state index in [0.29, 0.717) is 44.0 Å². The minimum atomic E-state index is -3.70. The van der Waals surface area contributed by atoms with Gasteiger partial charge >= 0.3 is 6.03 Å². The number of hydrogen-bond donors (Lipinski definition) is 1. The number of nitrogens with one attached hydrogen (secondary N) is 1. The number of benzene rings is 2. The molecule has 0 atom stereocenters. The fraction of sp³-hybridized carbons (Fsp3) is 0.409. The molecule has 2 aromatic carbocycles. The minimum Gasteiger partial charge on any atom is -0.358 e. The van der Waals surface area contributed by atoms with Crippen molar-refractivity contribution in [3.8, 4) is 0 Å². The summed E-state index contributed by atoms with van der Waals surface area (Å²) < 4.78 is 34.5. The first-order chi connectivity index (χ1) is 14.3. The summed E-state index contributed by atoms with van der Waals surface area (Å²) >= 11 is 0. The van der Waals surface area contributed by atoms with Crippen LogP contribution in [0.3, 0.4) is 0 Å². The van der Waals surface area contributed by atoms with Crippen molar-refractivity contribution in [2.45, 2.75) is 37.3 Å². The van der Waals surface area contributed by atoms with Crippen molar-refractivity contribution in [1.29, 1.82) is 0 Å². The molecular weight excluding hydrogens is 402 g/mol. The molecule has 2 saturated heterocycles. The molecule has 1 spiro atoms. The molecule has 1 N–H and O–H groups in total. The summed E-state index contributed by atoms with van der Waals surface area (Å²) in [5.41, 5.74) is 1.47. The second-order valence-corrected chi connectivity index (χ2v) is 9.75. The first kappa shape index (κ1) is 20.8. The van der Waals surface area contributed by atoms with Crippen LogP contribution in [0.25, 0.3) is 0 Å². The van der Waals surface area contributed by atoms with Gasteiger partial charge < -0.3 is 15.0 Å². The van der Waals surface area contributed by atoms with Gasteiger partial charge in [0.25, 0.3) is 0 Å². The molecule has 0 bridgehead atoms. The van der Waals surface area contributed by atoms with E-state index >= 15 is 0 Å². The highest BCUT2D eigenvalue weighted by Gasteiger charge is 2.51. The highest BCUT2D eigenvalue weighted by molar-refractivity contribution is 7.89. The van der Waals surface area contributed by atoms with Crippen LogP contribution in [0, 0.1) is 13.8 Å². The second-order valence-electron chi connectivity index (χ2n) is 7.92. The predicted molar refractivity (Wildman–Crippen MR) is 115 cm³/mol. The maximum absolute atomic E-state index is 13.5. The standard InChI is InChI=1S/C22H27N3O4S/c1-17-8-9-18(2)20(16-17)30(27,28)25-14-15-29-22(25)10-12-24(13-11-22)21(26)23-19-6-4-3-5-7-19/h3-9,16H,10-15H2,1-2H3,(H,23,26). The average Bonchev–Trinajstić information content (AvgIpc) is 3.15. The van der Waals surface area contributed by atoms with Crippen LogP contribution in [-0.2, 0) is 14.8 Å². The van der Waals surface area contributed by atoms with Crippen LogP contribution >= 0.6 is 0 Å². The molecular formula is C22H27N3O4S. The van der Waals surface area contributed by atoms with Gasteiger partial charge in [-0.2, -0.15) is 4.31 Å². The molecule has 0 saturated carbocycles. The number of nitrogens with zero attached hydrogens (tertiary/aromatic N) is 2. The Balaban J connectivity index is 1.50. The zero-order valence-electron chi connectivity index (χ0n) is 17.3. The van der Waals surface area contributed by atoms with Crippen molar-refractivity contribution >= 4 is 21.7 Å². The third kappa shape index (κ3) is 3.82. The lowest BCUT2D eigenvalue weighted by atomic mass is 10.0. The van der Waals surface area contributed by atoms with Gasteiger partial charge in [-0.3, -0.25) is 0 Å². The predicted octanol–water partition coefficient (Wildman–Crippen LogP) is 3.35. The zero-order chi connectivity index (χ0) is 21.4. The van der Waals surface area contributed by atoms with E-state index in [1.54, 1.807) is 11.0 Å². The third-order valence-corrected chi connectivity index (χ3v) is 7.98. The number of hydrogen-bond acceptors (Lipinski definition) is 4. The van der Waals surface area contributed by atoms with Gasteiger partial charge in [0, 0.05) is 38.2 Å². The number of rotatable bonds is 3. The van der Waals surface area contributed by atoms with Crippen molar-refractivity contribution in [2.75, 3.05) is 31.6 Å². The molecule has 2 heterocycles. The Morgan fingerprint density at radius 3 is 2.43 bits per heavy atom. The van der Waals surface area contributed by atoms with E-state index in [2.05, 4.69) is 5.32 Å². The Kier molecular flexibility index (Phi) is 5.57. The van der Waals surface area contributed by atoms with Gasteiger partial charge in [-0.05, 0) is 43.2 Å². The normalized spacial score (nSPS) is 19.2. The Morgan fingerprint density at radius 2 is 1.73 bits per heavy atom. The largest absolute Gasteiger partial charge is 0.358 e. The second kappa shape index (κ2) is 8.02. The van der Waals surface area contributed by atoms with Gasteiger partial charge in [0.15, 0.2) is 0 Å². The van der Waals surface area contributed by atoms with Gasteiger partial charge in [0.05, 0.1) is 11.5 Å². The van der Waals surface area contributed by atoms with E-state index in [-0.39, 0.29) is 6.03 Å². The molecule has 0 aromatic heterocycles. The first-order valence-electron chi connectivity index (χ1n) is 10.2. The van der Waals surface area contributed by atoms with E-state index in [4.69, 9.17) is 4.74 Å². The number of sulfonamides is 1. The Labute approximate surface area is 177 Å². The molecule has 0 unspecified atom stereocenters. The maximum Gasteiger partial charge on any atom is 0.321 e. The van der Waals surface area contributed by atoms with E-state index in [9.17, 15) is 13.2 Å². The fourth-order valence-electron chi connectivity index (χ4n) is 4.21. The van der Waals surface area contributed by atoms with Crippen LogP contribution in [0.4, 0.5) is 10.5 Å². The van der Waals surface area contributed by atoms with Gasteiger partial charge in [-0.1, -0.05) is 30.3 Å². The Hall–Kier alpha value is -2.42. The summed E-state index contributed by atoms with van der Waals surface area (Å²) in [5, 5.41) is 2.89. The molecule has 2 amide bonds. The smallest absolute Gasteiger partial charge is 0.321 e. The molecule has 2 fully saturated rings. The molecule has 2 aromatic rings. The minimum absolute atomic E-state index is 0.182. The molecule has 0 aliphatic carbocycles. The van der Waals surface area contributed by atoms with Gasteiger partial charge in [-0.15, -0.1) is 0 Å². The highest BCUT2D eigenvalue weighted by Crippen LogP contribution is 2.39. The molecule has 30 heavy (non-hydrogen) atoms. The number of carbonyl (C=O) groups is 1. The molecule has 8 heteroatoms. The van der Waals surface area contributed by atoms with Gasteiger partial charge in [0.2, 0.25) is 10.0 Å². The summed E-state index contributed by atoms with van der Waals surface area (Å²) in [6, 6.07) is 14.6. The number of piperidine rings is 1. The van der Waals surface area contributed by atoms with Crippen molar-refractivity contribution in [1.82, 2.24) is 9.21 Å². The lowest BCUT2D eigenvalue weighted by molar-refractivity contribution is -0.0840. The van der Waals surface area contributed by atoms with Crippen LogP contribution in [0.5, 0.6) is 0 Å². The fourth-order valence-corrected chi connectivity index (χ4v) is 6.25. The molecule has 0 radical (unpaired) electrons. The number of aryl methyl sites for hydroxylation is 2. The van der Waals surface area contributed by atoms with Gasteiger partial charge in [0.1, 0.15) is 5.72 Å². The highest BCUT2D eigenvalue weighted by atomic mass is 32.2. The number of carbonyl (C=O) groups excluding carboxylic acids is 1. The molecule has 160 valence electrons. The van der Waals surface area contributed by atoms with Gasteiger partial charge in [-0.25, -0.2) is 13.2 Å². The van der Waals surface area contributed by atoms with Crippen molar-refractivity contribution in [3.63, 3.8) is 0 Å². The first-order valence-corrected chi connectivity index (χ1v) is 11.6. The number of para-hydroxylation sites is 1. The summed E-state index contributed by atoms with van der Waals surface area (Å²) in [7, 11) is -3.70. The third-order valence-electron chi connectivity index (χ3n) is 5.89. The number of ether oxygens (including phenoxy) is 1. The van der Waals surface area contributed by atoms with E-state index in [1.165, 1.54) is 4.31 Å². The number of likely N-dealkylation sites (tertiary alicyclic amines) is 1. The lowest BCUT2D eigenvalue weighted by Crippen LogP contribution is -2.56. The maximum atomic E-state index is 13.5. The van der Waals surface area contributed by atoms with Crippen LogP contribution in [-0.4, -0.2) is 55.6 Å².